The second-order valence-corrected chi connectivity index (χ2v) is 8.54. The summed E-state index contributed by atoms with van der Waals surface area (Å²) in [4.78, 5) is 31.1. The molecule has 3 heterocycles. The van der Waals surface area contributed by atoms with Gasteiger partial charge in [-0.25, -0.2) is 15.0 Å². The van der Waals surface area contributed by atoms with Crippen LogP contribution in [0.3, 0.4) is 0 Å². The Balaban J connectivity index is 1.55. The minimum atomic E-state index is -4.50. The van der Waals surface area contributed by atoms with E-state index < -0.39 is 18.6 Å². The van der Waals surface area contributed by atoms with Crippen molar-refractivity contribution in [3.05, 3.63) is 54.5 Å². The van der Waals surface area contributed by atoms with Crippen LogP contribution in [0.2, 0.25) is 0 Å². The van der Waals surface area contributed by atoms with Crippen LogP contribution in [0.25, 0.3) is 22.3 Å². The molecule has 0 bridgehead atoms. The van der Waals surface area contributed by atoms with Crippen LogP contribution in [-0.2, 0) is 4.74 Å². The summed E-state index contributed by atoms with van der Waals surface area (Å²) in [5, 5.41) is 7.92. The number of morpholine rings is 1. The van der Waals surface area contributed by atoms with E-state index in [0.29, 0.717) is 35.5 Å². The molecule has 5 rings (SSSR count). The maximum absolute atomic E-state index is 13.2. The largest absolute Gasteiger partial charge is 0.405 e. The third-order valence-corrected chi connectivity index (χ3v) is 6.01. The van der Waals surface area contributed by atoms with Gasteiger partial charge in [0.25, 0.3) is 5.91 Å². The van der Waals surface area contributed by atoms with E-state index in [9.17, 15) is 18.0 Å². The van der Waals surface area contributed by atoms with Crippen LogP contribution in [0.15, 0.2) is 48.8 Å². The third kappa shape index (κ3) is 5.47. The van der Waals surface area contributed by atoms with E-state index in [-0.39, 0.29) is 23.0 Å². The maximum Gasteiger partial charge on any atom is 0.405 e. The molecule has 38 heavy (non-hydrogen) atoms. The van der Waals surface area contributed by atoms with Gasteiger partial charge >= 0.3 is 6.18 Å². The van der Waals surface area contributed by atoms with Crippen molar-refractivity contribution >= 4 is 40.0 Å². The highest BCUT2D eigenvalue weighted by Crippen LogP contribution is 2.33. The maximum atomic E-state index is 13.2. The summed E-state index contributed by atoms with van der Waals surface area (Å²) in [6.07, 6.45) is -3.03. The van der Waals surface area contributed by atoms with Crippen LogP contribution >= 0.6 is 0 Å². The second kappa shape index (κ2) is 10.5. The van der Waals surface area contributed by atoms with Crippen molar-refractivity contribution in [1.82, 2.24) is 25.3 Å². The average Bonchev–Trinajstić information content (AvgIpc) is 3.41. The molecule has 1 amide bonds. The summed E-state index contributed by atoms with van der Waals surface area (Å²) < 4.78 is 44.9. The number of hydrogen-bond donors (Lipinski definition) is 4. The van der Waals surface area contributed by atoms with Crippen LogP contribution < -0.4 is 20.9 Å². The molecule has 1 aliphatic heterocycles. The standard InChI is InChI=1S/C25H25F3N8O2/c1-29-24(37)21-23(33-15-5-7-16(8-6-15)36-9-11-38-12-10-36)35-22(30-13-25(26,27)28)20(34-21)17-3-2-4-18-19(17)32-14-31-18/h2-8,14H,9-13H2,1H3,(H,29,37)(H,31,32)(H2,30,33,35). The molecule has 2 aromatic carbocycles. The Bertz CT molecular complexity index is 1430. The van der Waals surface area contributed by atoms with Crippen molar-refractivity contribution in [2.45, 2.75) is 6.18 Å². The number of anilines is 4. The van der Waals surface area contributed by atoms with Crippen molar-refractivity contribution in [3.63, 3.8) is 0 Å². The van der Waals surface area contributed by atoms with Gasteiger partial charge in [-0.2, -0.15) is 13.2 Å². The van der Waals surface area contributed by atoms with E-state index >= 15 is 0 Å². The van der Waals surface area contributed by atoms with E-state index in [1.165, 1.54) is 13.4 Å². The molecule has 0 atom stereocenters. The number of fused-ring (bicyclic) bond motifs is 1. The van der Waals surface area contributed by atoms with E-state index in [1.54, 1.807) is 18.2 Å². The normalized spacial score (nSPS) is 13.9. The molecule has 0 saturated carbocycles. The summed E-state index contributed by atoms with van der Waals surface area (Å²) in [5.74, 6) is -0.677. The Hall–Kier alpha value is -4.39. The Morgan fingerprint density at radius 2 is 1.84 bits per heavy atom. The number of hydrogen-bond acceptors (Lipinski definition) is 8. The van der Waals surface area contributed by atoms with Crippen molar-refractivity contribution in [3.8, 4) is 11.3 Å². The van der Waals surface area contributed by atoms with Gasteiger partial charge in [0.05, 0.1) is 30.6 Å². The van der Waals surface area contributed by atoms with Crippen molar-refractivity contribution < 1.29 is 22.7 Å². The molecule has 0 radical (unpaired) electrons. The number of carbonyl (C=O) groups is 1. The predicted molar refractivity (Wildman–Crippen MR) is 138 cm³/mol. The number of nitrogens with zero attached hydrogens (tertiary/aromatic N) is 4. The number of para-hydroxylation sites is 1. The Morgan fingerprint density at radius 3 is 2.55 bits per heavy atom. The predicted octanol–water partition coefficient (Wildman–Crippen LogP) is 3.93. The molecule has 198 valence electrons. The van der Waals surface area contributed by atoms with Crippen molar-refractivity contribution in [2.24, 2.45) is 0 Å². The molecule has 10 nitrogen and oxygen atoms in total. The Morgan fingerprint density at radius 1 is 1.08 bits per heavy atom. The minimum absolute atomic E-state index is 0.00804. The Kier molecular flexibility index (Phi) is 7.01. The third-order valence-electron chi connectivity index (χ3n) is 6.01. The van der Waals surface area contributed by atoms with Gasteiger partial charge in [0.1, 0.15) is 12.2 Å². The fourth-order valence-corrected chi connectivity index (χ4v) is 4.17. The number of carbonyl (C=O) groups excluding carboxylic acids is 1. The molecular formula is C25H25F3N8O2. The summed E-state index contributed by atoms with van der Waals surface area (Å²) in [6.45, 7) is 1.52. The van der Waals surface area contributed by atoms with E-state index in [4.69, 9.17) is 4.74 Å². The van der Waals surface area contributed by atoms with Gasteiger partial charge in [-0.05, 0) is 30.3 Å². The molecule has 0 aliphatic carbocycles. The lowest BCUT2D eigenvalue weighted by atomic mass is 10.1. The number of halogens is 3. The molecule has 1 saturated heterocycles. The molecule has 4 aromatic rings. The Labute approximate surface area is 215 Å². The van der Waals surface area contributed by atoms with Crippen LogP contribution in [-0.4, -0.2) is 71.9 Å². The first-order valence-corrected chi connectivity index (χ1v) is 11.9. The molecule has 0 unspecified atom stereocenters. The highest BCUT2D eigenvalue weighted by atomic mass is 19.4. The second-order valence-electron chi connectivity index (χ2n) is 8.54. The van der Waals surface area contributed by atoms with Gasteiger partial charge in [-0.3, -0.25) is 4.79 Å². The minimum Gasteiger partial charge on any atom is -0.378 e. The number of amides is 1. The van der Waals surface area contributed by atoms with Gasteiger partial charge in [0.15, 0.2) is 17.3 Å². The number of rotatable bonds is 7. The zero-order chi connectivity index (χ0) is 26.7. The lowest BCUT2D eigenvalue weighted by molar-refractivity contribution is -0.115. The van der Waals surface area contributed by atoms with Gasteiger partial charge in [-0.15, -0.1) is 0 Å². The number of ether oxygens (including phenoxy) is 1. The highest BCUT2D eigenvalue weighted by Gasteiger charge is 2.29. The summed E-state index contributed by atoms with van der Waals surface area (Å²) in [6, 6.07) is 12.6. The van der Waals surface area contributed by atoms with Crippen molar-refractivity contribution in [2.75, 3.05) is 55.4 Å². The first kappa shape index (κ1) is 25.3. The number of alkyl halides is 3. The van der Waals surface area contributed by atoms with Crippen LogP contribution in [0.5, 0.6) is 0 Å². The number of imidazole rings is 1. The van der Waals surface area contributed by atoms with E-state index in [2.05, 4.69) is 40.8 Å². The van der Waals surface area contributed by atoms with E-state index in [1.807, 2.05) is 24.3 Å². The average molecular weight is 527 g/mol. The number of aromatic nitrogens is 4. The topological polar surface area (TPSA) is 120 Å². The van der Waals surface area contributed by atoms with Gasteiger partial charge < -0.3 is 30.6 Å². The number of benzene rings is 2. The fourth-order valence-electron chi connectivity index (χ4n) is 4.17. The first-order valence-electron chi connectivity index (χ1n) is 11.9. The smallest absolute Gasteiger partial charge is 0.378 e. The van der Waals surface area contributed by atoms with Gasteiger partial charge in [0.2, 0.25) is 0 Å². The quantitative estimate of drug-likeness (QED) is 0.286. The van der Waals surface area contributed by atoms with Crippen LogP contribution in [0, 0.1) is 0 Å². The summed E-state index contributed by atoms with van der Waals surface area (Å²) >= 11 is 0. The SMILES string of the molecule is CNC(=O)c1nc(-c2cccc3nc[nH]c23)c(NCC(F)(F)F)nc1Nc1ccc(N2CCOCC2)cc1. The number of H-pyrrole nitrogens is 1. The summed E-state index contributed by atoms with van der Waals surface area (Å²) in [5.41, 5.74) is 3.20. The number of nitrogens with one attached hydrogen (secondary N) is 4. The molecule has 1 aliphatic rings. The van der Waals surface area contributed by atoms with Crippen LogP contribution in [0.1, 0.15) is 10.5 Å². The monoisotopic (exact) mass is 526 g/mol. The highest BCUT2D eigenvalue weighted by molar-refractivity contribution is 6.00. The molecule has 2 aromatic heterocycles. The molecular weight excluding hydrogens is 501 g/mol. The van der Waals surface area contributed by atoms with Gasteiger partial charge in [0, 0.05) is 37.1 Å². The summed E-state index contributed by atoms with van der Waals surface area (Å²) in [7, 11) is 1.44. The lowest BCUT2D eigenvalue weighted by Gasteiger charge is -2.29. The molecule has 13 heteroatoms. The fraction of sp³-hybridized carbons (Fsp3) is 0.280. The lowest BCUT2D eigenvalue weighted by Crippen LogP contribution is -2.36. The zero-order valence-corrected chi connectivity index (χ0v) is 20.4. The molecule has 1 fully saturated rings. The van der Waals surface area contributed by atoms with Gasteiger partial charge in [-0.1, -0.05) is 12.1 Å². The first-order chi connectivity index (χ1) is 18.3. The van der Waals surface area contributed by atoms with Crippen LogP contribution in [0.4, 0.5) is 36.2 Å². The molecule has 4 N–H and O–H groups in total. The van der Waals surface area contributed by atoms with Crippen molar-refractivity contribution in [1.29, 1.82) is 0 Å². The van der Waals surface area contributed by atoms with E-state index in [0.717, 1.165) is 18.8 Å². The number of aromatic amines is 1. The molecule has 0 spiro atoms. The zero-order valence-electron chi connectivity index (χ0n) is 20.4.